The Morgan fingerprint density at radius 2 is 1.23 bits per heavy atom. The molecular formula is C37H37N5O6. The molecule has 0 radical (unpaired) electrons. The van der Waals surface area contributed by atoms with Gasteiger partial charge >= 0.3 is 5.97 Å². The second-order valence-electron chi connectivity index (χ2n) is 12.8. The molecule has 0 spiro atoms. The van der Waals surface area contributed by atoms with Gasteiger partial charge in [0, 0.05) is 47.3 Å². The predicted octanol–water partition coefficient (Wildman–Crippen LogP) is 6.10. The number of amides is 3. The van der Waals surface area contributed by atoms with E-state index in [2.05, 4.69) is 25.9 Å². The lowest BCUT2D eigenvalue weighted by Gasteiger charge is -2.27. The van der Waals surface area contributed by atoms with Crippen LogP contribution in [0.4, 0.5) is 17.1 Å². The highest BCUT2D eigenvalue weighted by molar-refractivity contribution is 6.19. The van der Waals surface area contributed by atoms with Gasteiger partial charge in [0.25, 0.3) is 11.8 Å². The van der Waals surface area contributed by atoms with Crippen LogP contribution in [0.1, 0.15) is 45.6 Å². The van der Waals surface area contributed by atoms with Gasteiger partial charge in [-0.05, 0) is 54.2 Å². The summed E-state index contributed by atoms with van der Waals surface area (Å²) in [6.45, 7) is 5.65. The highest BCUT2D eigenvalue weighted by Gasteiger charge is 2.46. The van der Waals surface area contributed by atoms with E-state index in [1.54, 1.807) is 48.8 Å². The molecule has 0 bridgehead atoms. The number of nitrogens with zero attached hydrogens (tertiary/aromatic N) is 2. The fourth-order valence-electron chi connectivity index (χ4n) is 6.02. The molecule has 5 rings (SSSR count). The summed E-state index contributed by atoms with van der Waals surface area (Å²) >= 11 is 0. The maximum absolute atomic E-state index is 14.0. The van der Waals surface area contributed by atoms with E-state index in [0.717, 1.165) is 10.8 Å². The predicted molar refractivity (Wildman–Crippen MR) is 184 cm³/mol. The number of pyridine rings is 2. The van der Waals surface area contributed by atoms with Gasteiger partial charge in [0.15, 0.2) is 0 Å². The smallest absolute Gasteiger partial charge is 0.303 e. The number of aliphatic carboxylic acids is 1. The fourth-order valence-corrected chi connectivity index (χ4v) is 6.02. The molecule has 3 amide bonds. The summed E-state index contributed by atoms with van der Waals surface area (Å²) in [5.41, 5.74) is -1.26. The van der Waals surface area contributed by atoms with Gasteiger partial charge in [0.2, 0.25) is 11.5 Å². The van der Waals surface area contributed by atoms with Crippen molar-refractivity contribution in [2.24, 2.45) is 11.3 Å². The zero-order valence-electron chi connectivity index (χ0n) is 26.9. The van der Waals surface area contributed by atoms with Gasteiger partial charge in [-0.2, -0.15) is 0 Å². The molecule has 0 aliphatic rings. The number of carbonyl (C=O) groups is 4. The molecule has 246 valence electrons. The van der Waals surface area contributed by atoms with E-state index in [-0.39, 0.29) is 30.2 Å². The molecular weight excluding hydrogens is 610 g/mol. The van der Waals surface area contributed by atoms with Crippen LogP contribution in [0.25, 0.3) is 21.8 Å². The largest absolute Gasteiger partial charge is 0.481 e. The Bertz CT molecular complexity index is 1890. The molecule has 11 nitrogen and oxygen atoms in total. The summed E-state index contributed by atoms with van der Waals surface area (Å²) in [6.07, 6.45) is 3.86. The van der Waals surface area contributed by atoms with Gasteiger partial charge in [-0.1, -0.05) is 69.3 Å². The van der Waals surface area contributed by atoms with Crippen LogP contribution in [0.15, 0.2) is 97.3 Å². The molecule has 5 N–H and O–H groups in total. The lowest BCUT2D eigenvalue weighted by Crippen LogP contribution is -2.50. The van der Waals surface area contributed by atoms with Crippen LogP contribution in [0.2, 0.25) is 0 Å². The molecule has 0 aliphatic heterocycles. The van der Waals surface area contributed by atoms with Crippen LogP contribution in [0.5, 0.6) is 0 Å². The molecule has 1 unspecified atom stereocenters. The number of anilines is 3. The average Bonchev–Trinajstić information content (AvgIpc) is 3.04. The number of benzene rings is 3. The quantitative estimate of drug-likeness (QED) is 0.101. The first-order valence-corrected chi connectivity index (χ1v) is 15.5. The molecule has 5 aromatic rings. The molecule has 48 heavy (non-hydrogen) atoms. The van der Waals surface area contributed by atoms with Crippen molar-refractivity contribution in [2.45, 2.75) is 45.6 Å². The van der Waals surface area contributed by atoms with Crippen molar-refractivity contribution >= 4 is 62.6 Å². The number of rotatable bonds is 12. The summed E-state index contributed by atoms with van der Waals surface area (Å²) in [4.78, 5) is 60.7. The molecule has 0 saturated carbocycles. The minimum absolute atomic E-state index is 0.0184. The average molecular weight is 648 g/mol. The van der Waals surface area contributed by atoms with Crippen LogP contribution in [0.3, 0.4) is 0 Å². The molecule has 0 saturated heterocycles. The van der Waals surface area contributed by atoms with Crippen molar-refractivity contribution in [1.29, 1.82) is 0 Å². The highest BCUT2D eigenvalue weighted by atomic mass is 16.4. The van der Waals surface area contributed by atoms with Gasteiger partial charge in [0.1, 0.15) is 0 Å². The Balaban J connectivity index is 1.42. The molecule has 1 atom stereocenters. The molecule has 3 aromatic carbocycles. The van der Waals surface area contributed by atoms with E-state index in [0.29, 0.717) is 34.5 Å². The Kier molecular flexibility index (Phi) is 9.81. The van der Waals surface area contributed by atoms with Crippen molar-refractivity contribution in [3.63, 3.8) is 0 Å². The summed E-state index contributed by atoms with van der Waals surface area (Å²) < 4.78 is 0. The number of nitrogens with one attached hydrogen (secondary N) is 3. The van der Waals surface area contributed by atoms with Gasteiger partial charge in [0.05, 0.1) is 22.4 Å². The lowest BCUT2D eigenvalue weighted by molar-refractivity contribution is -0.148. The standard InChI is InChI=1S/C37H37N5O6/c1-23(20-31(44)45)21-36(2,3)22-30(43)40-27-16-14-26(15-17-27)37(48,34(46)41-28-12-4-8-24-10-6-18-38-32(24)28)35(47)42-29-13-5-9-25-11-7-19-39-33(25)29/h4-19,23,48H,20-22H2,1-3H3,(H,40,43)(H,41,46)(H,42,47)(H,44,45). The number of aliphatic hydroxyl groups is 1. The fraction of sp³-hybridized carbons (Fsp3) is 0.243. The van der Waals surface area contributed by atoms with Crippen molar-refractivity contribution in [2.75, 3.05) is 16.0 Å². The van der Waals surface area contributed by atoms with Crippen LogP contribution in [-0.2, 0) is 24.8 Å². The number of hydrogen-bond donors (Lipinski definition) is 5. The zero-order valence-corrected chi connectivity index (χ0v) is 26.9. The van der Waals surface area contributed by atoms with Gasteiger partial charge in [-0.25, -0.2) is 0 Å². The molecule has 0 aliphatic carbocycles. The number of carbonyl (C=O) groups excluding carboxylic acids is 3. The van der Waals surface area contributed by atoms with Crippen molar-refractivity contribution in [1.82, 2.24) is 9.97 Å². The van der Waals surface area contributed by atoms with Crippen molar-refractivity contribution in [3.05, 3.63) is 103 Å². The second kappa shape index (κ2) is 14.0. The third-order valence-electron chi connectivity index (χ3n) is 8.07. The van der Waals surface area contributed by atoms with E-state index in [4.69, 9.17) is 5.11 Å². The molecule has 0 fully saturated rings. The second-order valence-corrected chi connectivity index (χ2v) is 12.8. The van der Waals surface area contributed by atoms with E-state index < -0.39 is 28.8 Å². The summed E-state index contributed by atoms with van der Waals surface area (Å²) in [6, 6.07) is 23.3. The maximum Gasteiger partial charge on any atom is 0.303 e. The minimum atomic E-state index is -2.72. The van der Waals surface area contributed by atoms with Gasteiger partial charge < -0.3 is 26.2 Å². The van der Waals surface area contributed by atoms with Gasteiger partial charge in [-0.15, -0.1) is 0 Å². The third kappa shape index (κ3) is 7.64. The number of para-hydroxylation sites is 2. The lowest BCUT2D eigenvalue weighted by atomic mass is 9.79. The van der Waals surface area contributed by atoms with Crippen LogP contribution in [-0.4, -0.2) is 43.9 Å². The normalized spacial score (nSPS) is 12.3. The topological polar surface area (TPSA) is 171 Å². The summed E-state index contributed by atoms with van der Waals surface area (Å²) in [5, 5.41) is 30.9. The Labute approximate surface area is 277 Å². The van der Waals surface area contributed by atoms with E-state index >= 15 is 0 Å². The monoisotopic (exact) mass is 647 g/mol. The number of fused-ring (bicyclic) bond motifs is 2. The summed E-state index contributed by atoms with van der Waals surface area (Å²) in [7, 11) is 0. The van der Waals surface area contributed by atoms with E-state index in [9.17, 15) is 24.3 Å². The van der Waals surface area contributed by atoms with Crippen molar-refractivity contribution in [3.8, 4) is 0 Å². The first-order chi connectivity index (χ1) is 22.9. The van der Waals surface area contributed by atoms with Crippen molar-refractivity contribution < 1.29 is 29.4 Å². The zero-order chi connectivity index (χ0) is 34.5. The molecule has 11 heteroatoms. The number of carboxylic acids is 1. The van der Waals surface area contributed by atoms with E-state index in [1.165, 1.54) is 24.3 Å². The van der Waals surface area contributed by atoms with E-state index in [1.807, 2.05) is 45.0 Å². The first-order valence-electron chi connectivity index (χ1n) is 15.5. The SMILES string of the molecule is CC(CC(=O)O)CC(C)(C)CC(=O)Nc1ccc(C(O)(C(=O)Nc2cccc3cccnc23)C(=O)Nc2cccc3cccnc23)cc1. The Hall–Kier alpha value is -5.68. The van der Waals surface area contributed by atoms with Crippen LogP contribution in [0, 0.1) is 11.3 Å². The summed E-state index contributed by atoms with van der Waals surface area (Å²) in [5.74, 6) is -3.30. The number of aromatic nitrogens is 2. The van der Waals surface area contributed by atoms with Crippen LogP contribution < -0.4 is 16.0 Å². The Morgan fingerprint density at radius 3 is 1.73 bits per heavy atom. The van der Waals surface area contributed by atoms with Crippen LogP contribution >= 0.6 is 0 Å². The number of carboxylic acid groups (broad SMARTS) is 1. The van der Waals surface area contributed by atoms with Gasteiger partial charge in [-0.3, -0.25) is 29.1 Å². The Morgan fingerprint density at radius 1 is 0.729 bits per heavy atom. The minimum Gasteiger partial charge on any atom is -0.481 e. The maximum atomic E-state index is 14.0. The number of hydrogen-bond acceptors (Lipinski definition) is 7. The highest BCUT2D eigenvalue weighted by Crippen LogP contribution is 2.33. The molecule has 2 heterocycles. The molecule has 2 aromatic heterocycles. The first kappa shape index (κ1) is 33.7. The third-order valence-corrected chi connectivity index (χ3v) is 8.07.